The molecule has 1 fully saturated rings. The lowest BCUT2D eigenvalue weighted by Crippen LogP contribution is -2.36. The summed E-state index contributed by atoms with van der Waals surface area (Å²) in [4.78, 5) is 18.0. The third kappa shape index (κ3) is 6.72. The molecule has 0 saturated carbocycles. The minimum atomic E-state index is -4.91. The van der Waals surface area contributed by atoms with Crippen LogP contribution in [0.25, 0.3) is 10.6 Å². The topological polar surface area (TPSA) is 63.7 Å². The monoisotopic (exact) mass is 545 g/mol. The Morgan fingerprint density at radius 3 is 2.46 bits per heavy atom. The quantitative estimate of drug-likeness (QED) is 0.382. The molecule has 0 bridgehead atoms. The van der Waals surface area contributed by atoms with E-state index in [1.54, 1.807) is 18.2 Å². The average Bonchev–Trinajstić information content (AvgIpc) is 3.30. The van der Waals surface area contributed by atoms with Crippen molar-refractivity contribution in [3.8, 4) is 16.3 Å². The second kappa shape index (κ2) is 10.6. The number of halogens is 6. The first-order valence-corrected chi connectivity index (χ1v) is 11.9. The van der Waals surface area contributed by atoms with Gasteiger partial charge in [-0.2, -0.15) is 13.2 Å². The molecule has 3 aromatic rings. The fourth-order valence-corrected chi connectivity index (χ4v) is 4.76. The molecule has 4 rings (SSSR count). The summed E-state index contributed by atoms with van der Waals surface area (Å²) in [6.45, 7) is 3.78. The van der Waals surface area contributed by atoms with Gasteiger partial charge >= 0.3 is 12.5 Å². The molecule has 2 aromatic carbocycles. The van der Waals surface area contributed by atoms with Crippen LogP contribution in [0.4, 0.5) is 32.0 Å². The van der Waals surface area contributed by atoms with Crippen LogP contribution in [-0.2, 0) is 10.9 Å². The molecule has 1 N–H and O–H groups in total. The van der Waals surface area contributed by atoms with E-state index in [9.17, 15) is 31.1 Å². The number of hydrogen-bond donors (Lipinski definition) is 1. The lowest BCUT2D eigenvalue weighted by atomic mass is 10.1. The zero-order valence-electron chi connectivity index (χ0n) is 19.3. The first kappa shape index (κ1) is 26.7. The summed E-state index contributed by atoms with van der Waals surface area (Å²) < 4.78 is 88.2. The van der Waals surface area contributed by atoms with Gasteiger partial charge in [-0.1, -0.05) is 24.3 Å². The summed E-state index contributed by atoms with van der Waals surface area (Å²) in [5.74, 6) is -1.56. The van der Waals surface area contributed by atoms with Crippen LogP contribution in [-0.4, -0.2) is 43.6 Å². The van der Waals surface area contributed by atoms with Crippen molar-refractivity contribution in [2.45, 2.75) is 25.5 Å². The number of carbonyl (C=O) groups is 1. The summed E-state index contributed by atoms with van der Waals surface area (Å²) in [5.41, 5.74) is 0.100. The lowest BCUT2D eigenvalue weighted by molar-refractivity contribution is -0.274. The molecule has 2 heterocycles. The third-order valence-electron chi connectivity index (χ3n) is 5.51. The van der Waals surface area contributed by atoms with E-state index in [2.05, 4.69) is 15.0 Å². The van der Waals surface area contributed by atoms with Crippen molar-refractivity contribution in [3.05, 3.63) is 64.7 Å². The maximum absolute atomic E-state index is 13.8. The zero-order valence-corrected chi connectivity index (χ0v) is 20.1. The number of hydrogen-bond acceptors (Lipinski definition) is 6. The number of morpholine rings is 1. The fraction of sp³-hybridized carbons (Fsp3) is 0.333. The van der Waals surface area contributed by atoms with Gasteiger partial charge in [0.05, 0.1) is 19.3 Å². The first-order chi connectivity index (χ1) is 17.4. The highest BCUT2D eigenvalue weighted by Gasteiger charge is 2.40. The van der Waals surface area contributed by atoms with E-state index in [1.165, 1.54) is 19.1 Å². The Morgan fingerprint density at radius 2 is 1.78 bits per heavy atom. The number of carbonyl (C=O) groups excluding carboxylic acids is 1. The van der Waals surface area contributed by atoms with Crippen LogP contribution >= 0.6 is 11.3 Å². The number of aromatic nitrogens is 1. The van der Waals surface area contributed by atoms with Crippen molar-refractivity contribution < 1.29 is 40.6 Å². The van der Waals surface area contributed by atoms with Gasteiger partial charge in [-0.05, 0) is 36.8 Å². The van der Waals surface area contributed by atoms with E-state index >= 15 is 0 Å². The molecular formula is C24H21F6N3O3S. The molecule has 13 heteroatoms. The van der Waals surface area contributed by atoms with Gasteiger partial charge < -0.3 is 19.7 Å². The Kier molecular flexibility index (Phi) is 7.64. The van der Waals surface area contributed by atoms with Gasteiger partial charge in [-0.15, -0.1) is 24.5 Å². The maximum Gasteiger partial charge on any atom is 0.573 e. The van der Waals surface area contributed by atoms with E-state index < -0.39 is 40.8 Å². The summed E-state index contributed by atoms with van der Waals surface area (Å²) in [6, 6.07) is 10.8. The highest BCUT2D eigenvalue weighted by molar-refractivity contribution is 7.17. The smallest absolute Gasteiger partial charge is 0.406 e. The van der Waals surface area contributed by atoms with E-state index in [4.69, 9.17) is 4.74 Å². The van der Waals surface area contributed by atoms with Gasteiger partial charge in [0.25, 0.3) is 5.91 Å². The first-order valence-electron chi connectivity index (χ1n) is 11.1. The van der Waals surface area contributed by atoms with E-state index in [0.29, 0.717) is 43.2 Å². The van der Waals surface area contributed by atoms with Gasteiger partial charge in [-0.3, -0.25) is 4.79 Å². The van der Waals surface area contributed by atoms with Crippen LogP contribution < -0.4 is 15.0 Å². The van der Waals surface area contributed by atoms with Crippen molar-refractivity contribution in [1.82, 2.24) is 10.3 Å². The number of nitrogens with one attached hydrogen (secondary N) is 1. The van der Waals surface area contributed by atoms with Crippen molar-refractivity contribution >= 4 is 22.9 Å². The third-order valence-corrected chi connectivity index (χ3v) is 6.61. The Labute approximate surface area is 211 Å². The highest BCUT2D eigenvalue weighted by atomic mass is 32.1. The molecule has 0 radical (unpaired) electrons. The molecule has 1 atom stereocenters. The predicted octanol–water partition coefficient (Wildman–Crippen LogP) is 6.06. The Bertz CT molecular complexity index is 1260. The van der Waals surface area contributed by atoms with Crippen molar-refractivity contribution in [3.63, 3.8) is 0 Å². The van der Waals surface area contributed by atoms with Crippen LogP contribution in [0.2, 0.25) is 0 Å². The number of amides is 1. The predicted molar refractivity (Wildman–Crippen MR) is 125 cm³/mol. The Balaban J connectivity index is 1.59. The molecule has 1 unspecified atom stereocenters. The summed E-state index contributed by atoms with van der Waals surface area (Å²) in [7, 11) is 0. The van der Waals surface area contributed by atoms with Crippen molar-refractivity contribution in [2.24, 2.45) is 0 Å². The standard InChI is InChI=1S/C24H21F6N3O3S/c1-14(15-4-3-7-18(13-15)36-24(28,29)30)31-21(34)19-20(23(25,26)27)32-22(37-19)16-5-2-6-17(12-16)33-8-10-35-11-9-33/h2-7,12-14H,8-11H2,1H3,(H,31,34). The van der Waals surface area contributed by atoms with Crippen LogP contribution in [0.3, 0.4) is 0 Å². The van der Waals surface area contributed by atoms with E-state index in [0.717, 1.165) is 17.8 Å². The number of benzene rings is 2. The van der Waals surface area contributed by atoms with Gasteiger partial charge in [0.1, 0.15) is 15.6 Å². The number of anilines is 1. The van der Waals surface area contributed by atoms with Gasteiger partial charge in [-0.25, -0.2) is 4.98 Å². The van der Waals surface area contributed by atoms with Crippen LogP contribution in [0, 0.1) is 0 Å². The number of rotatable bonds is 6. The molecule has 0 aliphatic carbocycles. The lowest BCUT2D eigenvalue weighted by Gasteiger charge is -2.29. The van der Waals surface area contributed by atoms with Gasteiger partial charge in [0.15, 0.2) is 5.69 Å². The van der Waals surface area contributed by atoms with Crippen molar-refractivity contribution in [1.29, 1.82) is 0 Å². The SMILES string of the molecule is CC(NC(=O)c1sc(-c2cccc(N3CCOCC3)c2)nc1C(F)(F)F)c1cccc(OC(F)(F)F)c1. The molecule has 198 valence electrons. The van der Waals surface area contributed by atoms with Crippen LogP contribution in [0.1, 0.15) is 33.9 Å². The van der Waals surface area contributed by atoms with Crippen molar-refractivity contribution in [2.75, 3.05) is 31.2 Å². The Morgan fingerprint density at radius 1 is 1.08 bits per heavy atom. The highest BCUT2D eigenvalue weighted by Crippen LogP contribution is 2.39. The molecule has 0 spiro atoms. The minimum Gasteiger partial charge on any atom is -0.406 e. The molecule has 1 amide bonds. The van der Waals surface area contributed by atoms with E-state index in [-0.39, 0.29) is 10.6 Å². The normalized spacial score (nSPS) is 15.4. The zero-order chi connectivity index (χ0) is 26.8. The summed E-state index contributed by atoms with van der Waals surface area (Å²) >= 11 is 0.591. The maximum atomic E-state index is 13.8. The second-order valence-corrected chi connectivity index (χ2v) is 9.16. The summed E-state index contributed by atoms with van der Waals surface area (Å²) in [6.07, 6.45) is -9.81. The second-order valence-electron chi connectivity index (χ2n) is 8.16. The number of ether oxygens (including phenoxy) is 2. The van der Waals surface area contributed by atoms with E-state index in [1.807, 2.05) is 11.0 Å². The molecule has 1 aliphatic heterocycles. The van der Waals surface area contributed by atoms with Gasteiger partial charge in [0, 0.05) is 24.3 Å². The number of nitrogens with zero attached hydrogens (tertiary/aromatic N) is 2. The number of thiazole rings is 1. The average molecular weight is 546 g/mol. The van der Waals surface area contributed by atoms with Crippen LogP contribution in [0.5, 0.6) is 5.75 Å². The molecule has 1 aliphatic rings. The Hall–Kier alpha value is -3.32. The molecule has 1 aromatic heterocycles. The van der Waals surface area contributed by atoms with Crippen LogP contribution in [0.15, 0.2) is 48.5 Å². The molecule has 37 heavy (non-hydrogen) atoms. The molecular weight excluding hydrogens is 524 g/mol. The molecule has 6 nitrogen and oxygen atoms in total. The van der Waals surface area contributed by atoms with Gasteiger partial charge in [0.2, 0.25) is 0 Å². The largest absolute Gasteiger partial charge is 0.573 e. The molecule has 1 saturated heterocycles. The minimum absolute atomic E-state index is 0.0146. The summed E-state index contributed by atoms with van der Waals surface area (Å²) in [5, 5.41) is 2.43. The fourth-order valence-electron chi connectivity index (χ4n) is 3.77. The number of alkyl halides is 6.